The summed E-state index contributed by atoms with van der Waals surface area (Å²) in [5.74, 6) is -0.102. The molecule has 2 atom stereocenters. The lowest BCUT2D eigenvalue weighted by atomic mass is 10.3. The Morgan fingerprint density at radius 2 is 2.21 bits per heavy atom. The first-order valence-corrected chi connectivity index (χ1v) is 6.07. The van der Waals surface area contributed by atoms with Crippen molar-refractivity contribution in [1.82, 2.24) is 5.32 Å². The molecule has 102 valence electrons. The van der Waals surface area contributed by atoms with E-state index in [1.54, 1.807) is 24.3 Å². The van der Waals surface area contributed by atoms with E-state index in [4.69, 9.17) is 9.84 Å². The molecule has 2 amide bonds. The van der Waals surface area contributed by atoms with Gasteiger partial charge in [-0.3, -0.25) is 0 Å². The lowest BCUT2D eigenvalue weighted by Gasteiger charge is -2.09. The largest absolute Gasteiger partial charge is 0.482 e. The summed E-state index contributed by atoms with van der Waals surface area (Å²) in [7, 11) is 0. The number of carboxylic acids is 1. The van der Waals surface area contributed by atoms with Crippen molar-refractivity contribution in [1.29, 1.82) is 0 Å². The van der Waals surface area contributed by atoms with E-state index >= 15 is 0 Å². The second-order valence-corrected chi connectivity index (χ2v) is 4.63. The quantitative estimate of drug-likeness (QED) is 0.755. The standard InChI is InChI=1S/C13H16N2O4/c1-8-5-11(8)15-13(18)14-9-3-2-4-10(6-9)19-7-12(16)17/h2-4,6,8,11H,5,7H2,1H3,(H,16,17)(H2,14,15,18). The molecule has 0 spiro atoms. The number of urea groups is 1. The molecular weight excluding hydrogens is 248 g/mol. The van der Waals surface area contributed by atoms with Crippen molar-refractivity contribution in [2.45, 2.75) is 19.4 Å². The minimum atomic E-state index is -1.04. The third-order valence-electron chi connectivity index (χ3n) is 2.88. The Hall–Kier alpha value is -2.24. The summed E-state index contributed by atoms with van der Waals surface area (Å²) in [6.07, 6.45) is 1.01. The van der Waals surface area contributed by atoms with E-state index < -0.39 is 12.6 Å². The van der Waals surface area contributed by atoms with E-state index in [1.165, 1.54) is 0 Å². The van der Waals surface area contributed by atoms with Gasteiger partial charge in [0.25, 0.3) is 0 Å². The van der Waals surface area contributed by atoms with Crippen LogP contribution in [0.25, 0.3) is 0 Å². The number of carboxylic acid groups (broad SMARTS) is 1. The number of rotatable bonds is 5. The van der Waals surface area contributed by atoms with E-state index in [-0.39, 0.29) is 12.1 Å². The first-order chi connectivity index (χ1) is 9.04. The smallest absolute Gasteiger partial charge is 0.341 e. The van der Waals surface area contributed by atoms with Crippen LogP contribution in [0.5, 0.6) is 5.75 Å². The molecule has 3 N–H and O–H groups in total. The second-order valence-electron chi connectivity index (χ2n) is 4.63. The lowest BCUT2D eigenvalue weighted by Crippen LogP contribution is -2.31. The van der Waals surface area contributed by atoms with Crippen LogP contribution in [-0.2, 0) is 4.79 Å². The minimum absolute atomic E-state index is 0.256. The Kier molecular flexibility index (Phi) is 3.89. The van der Waals surface area contributed by atoms with Crippen LogP contribution in [0.15, 0.2) is 24.3 Å². The molecule has 1 aromatic carbocycles. The highest BCUT2D eigenvalue weighted by molar-refractivity contribution is 5.89. The summed E-state index contributed by atoms with van der Waals surface area (Å²) in [5.41, 5.74) is 0.564. The van der Waals surface area contributed by atoms with Gasteiger partial charge in [0, 0.05) is 17.8 Å². The fourth-order valence-corrected chi connectivity index (χ4v) is 1.67. The average Bonchev–Trinajstić information content (AvgIpc) is 3.02. The third-order valence-corrected chi connectivity index (χ3v) is 2.88. The van der Waals surface area contributed by atoms with Gasteiger partial charge in [0.05, 0.1) is 0 Å². The topological polar surface area (TPSA) is 87.7 Å². The molecule has 2 unspecified atom stereocenters. The number of hydrogen-bond donors (Lipinski definition) is 3. The van der Waals surface area contributed by atoms with Crippen LogP contribution in [0.3, 0.4) is 0 Å². The molecule has 0 bridgehead atoms. The molecule has 2 rings (SSSR count). The molecule has 0 aliphatic heterocycles. The summed E-state index contributed by atoms with van der Waals surface area (Å²) in [6, 6.07) is 6.61. The molecule has 1 fully saturated rings. The van der Waals surface area contributed by atoms with Crippen LogP contribution in [0.4, 0.5) is 10.5 Å². The summed E-state index contributed by atoms with van der Waals surface area (Å²) < 4.78 is 5.03. The van der Waals surface area contributed by atoms with Crippen LogP contribution in [0.1, 0.15) is 13.3 Å². The maximum atomic E-state index is 11.6. The van der Waals surface area contributed by atoms with Gasteiger partial charge in [-0.15, -0.1) is 0 Å². The molecule has 1 aromatic rings. The number of benzene rings is 1. The maximum absolute atomic E-state index is 11.6. The molecule has 0 heterocycles. The maximum Gasteiger partial charge on any atom is 0.341 e. The van der Waals surface area contributed by atoms with Crippen molar-refractivity contribution in [3.8, 4) is 5.75 Å². The predicted octanol–water partition coefficient (Wildman–Crippen LogP) is 1.68. The molecule has 0 radical (unpaired) electrons. The number of nitrogens with one attached hydrogen (secondary N) is 2. The Morgan fingerprint density at radius 1 is 1.47 bits per heavy atom. The van der Waals surface area contributed by atoms with E-state index in [9.17, 15) is 9.59 Å². The number of carbonyl (C=O) groups is 2. The van der Waals surface area contributed by atoms with Gasteiger partial charge in [0.15, 0.2) is 6.61 Å². The molecular formula is C13H16N2O4. The Balaban J connectivity index is 1.87. The van der Waals surface area contributed by atoms with E-state index in [0.29, 0.717) is 17.4 Å². The highest BCUT2D eigenvalue weighted by Gasteiger charge is 2.33. The van der Waals surface area contributed by atoms with Gasteiger partial charge < -0.3 is 20.5 Å². The Bertz CT molecular complexity index is 489. The summed E-state index contributed by atoms with van der Waals surface area (Å²) in [4.78, 5) is 22.0. The van der Waals surface area contributed by atoms with Gasteiger partial charge in [0.1, 0.15) is 5.75 Å². The van der Waals surface area contributed by atoms with Crippen molar-refractivity contribution < 1.29 is 19.4 Å². The Morgan fingerprint density at radius 3 is 2.84 bits per heavy atom. The fraction of sp³-hybridized carbons (Fsp3) is 0.385. The van der Waals surface area contributed by atoms with Gasteiger partial charge in [-0.1, -0.05) is 13.0 Å². The van der Waals surface area contributed by atoms with Crippen LogP contribution >= 0.6 is 0 Å². The Labute approximate surface area is 110 Å². The molecule has 1 aliphatic rings. The zero-order valence-electron chi connectivity index (χ0n) is 10.6. The van der Waals surface area contributed by atoms with Gasteiger partial charge in [-0.25, -0.2) is 9.59 Å². The van der Waals surface area contributed by atoms with E-state index in [1.807, 2.05) is 0 Å². The van der Waals surface area contributed by atoms with Crippen LogP contribution in [0.2, 0.25) is 0 Å². The van der Waals surface area contributed by atoms with Gasteiger partial charge >= 0.3 is 12.0 Å². The van der Waals surface area contributed by atoms with Crippen molar-refractivity contribution in [2.24, 2.45) is 5.92 Å². The van der Waals surface area contributed by atoms with Gasteiger partial charge in [-0.2, -0.15) is 0 Å². The lowest BCUT2D eigenvalue weighted by molar-refractivity contribution is -0.139. The number of amides is 2. The predicted molar refractivity (Wildman–Crippen MR) is 69.3 cm³/mol. The summed E-state index contributed by atoms with van der Waals surface area (Å²) in [6.45, 7) is 1.67. The monoisotopic (exact) mass is 264 g/mol. The number of carbonyl (C=O) groups excluding carboxylic acids is 1. The van der Waals surface area contributed by atoms with Gasteiger partial charge in [-0.05, 0) is 24.5 Å². The number of ether oxygens (including phenoxy) is 1. The molecule has 0 aromatic heterocycles. The summed E-state index contributed by atoms with van der Waals surface area (Å²) >= 11 is 0. The van der Waals surface area contributed by atoms with Crippen LogP contribution in [0, 0.1) is 5.92 Å². The normalized spacial score (nSPS) is 20.5. The molecule has 6 nitrogen and oxygen atoms in total. The minimum Gasteiger partial charge on any atom is -0.482 e. The number of aliphatic carboxylic acids is 1. The van der Waals surface area contributed by atoms with E-state index in [0.717, 1.165) is 6.42 Å². The zero-order valence-corrected chi connectivity index (χ0v) is 10.6. The average molecular weight is 264 g/mol. The molecule has 6 heteroatoms. The molecule has 1 saturated carbocycles. The number of hydrogen-bond acceptors (Lipinski definition) is 3. The van der Waals surface area contributed by atoms with Crippen LogP contribution < -0.4 is 15.4 Å². The molecule has 19 heavy (non-hydrogen) atoms. The van der Waals surface area contributed by atoms with Crippen molar-refractivity contribution in [3.63, 3.8) is 0 Å². The first-order valence-electron chi connectivity index (χ1n) is 6.07. The van der Waals surface area contributed by atoms with Crippen molar-refractivity contribution in [3.05, 3.63) is 24.3 Å². The number of anilines is 1. The van der Waals surface area contributed by atoms with Crippen LogP contribution in [-0.4, -0.2) is 29.8 Å². The summed E-state index contributed by atoms with van der Waals surface area (Å²) in [5, 5.41) is 14.0. The second kappa shape index (κ2) is 5.60. The third kappa shape index (κ3) is 4.17. The van der Waals surface area contributed by atoms with E-state index in [2.05, 4.69) is 17.6 Å². The molecule has 0 saturated heterocycles. The molecule has 1 aliphatic carbocycles. The zero-order chi connectivity index (χ0) is 13.8. The SMILES string of the molecule is CC1CC1NC(=O)Nc1cccc(OCC(=O)O)c1. The highest BCUT2D eigenvalue weighted by Crippen LogP contribution is 2.29. The van der Waals surface area contributed by atoms with Crippen molar-refractivity contribution in [2.75, 3.05) is 11.9 Å². The highest BCUT2D eigenvalue weighted by atomic mass is 16.5. The van der Waals surface area contributed by atoms with Crippen molar-refractivity contribution >= 4 is 17.7 Å². The fourth-order valence-electron chi connectivity index (χ4n) is 1.67. The van der Waals surface area contributed by atoms with Gasteiger partial charge in [0.2, 0.25) is 0 Å². The first kappa shape index (κ1) is 13.2.